The van der Waals surface area contributed by atoms with Crippen molar-refractivity contribution in [2.24, 2.45) is 7.05 Å². The van der Waals surface area contributed by atoms with Crippen molar-refractivity contribution < 1.29 is 0 Å². The predicted octanol–water partition coefficient (Wildman–Crippen LogP) is 2.05. The topological polar surface area (TPSA) is 17.8 Å². The third-order valence-electron chi connectivity index (χ3n) is 1.14. The standard InChI is InChI=1S/C6H9BrN2S/c1-9-3-5(7)6(8-9)4-10-2/h3H,4H2,1-2H3. The van der Waals surface area contributed by atoms with E-state index in [1.807, 2.05) is 17.9 Å². The van der Waals surface area contributed by atoms with Crippen LogP contribution in [0.1, 0.15) is 5.69 Å². The fourth-order valence-corrected chi connectivity index (χ4v) is 1.93. The molecule has 0 unspecified atom stereocenters. The molecule has 0 radical (unpaired) electrons. The Balaban J connectivity index is 2.81. The van der Waals surface area contributed by atoms with Gasteiger partial charge in [-0.05, 0) is 22.2 Å². The van der Waals surface area contributed by atoms with E-state index in [9.17, 15) is 0 Å². The van der Waals surface area contributed by atoms with Crippen LogP contribution >= 0.6 is 27.7 Å². The average Bonchev–Trinajstić information content (AvgIpc) is 2.13. The van der Waals surface area contributed by atoms with E-state index >= 15 is 0 Å². The van der Waals surface area contributed by atoms with Gasteiger partial charge in [-0.2, -0.15) is 16.9 Å². The van der Waals surface area contributed by atoms with Crippen LogP contribution in [0, 0.1) is 0 Å². The summed E-state index contributed by atoms with van der Waals surface area (Å²) in [6.07, 6.45) is 4.03. The van der Waals surface area contributed by atoms with Gasteiger partial charge in [-0.15, -0.1) is 0 Å². The highest BCUT2D eigenvalue weighted by molar-refractivity contribution is 9.10. The van der Waals surface area contributed by atoms with Crippen molar-refractivity contribution in [3.63, 3.8) is 0 Å². The van der Waals surface area contributed by atoms with Crippen molar-refractivity contribution in [3.8, 4) is 0 Å². The van der Waals surface area contributed by atoms with Gasteiger partial charge in [0.05, 0.1) is 10.2 Å². The van der Waals surface area contributed by atoms with Crippen molar-refractivity contribution in [3.05, 3.63) is 16.4 Å². The molecule has 0 N–H and O–H groups in total. The van der Waals surface area contributed by atoms with Gasteiger partial charge in [0.25, 0.3) is 0 Å². The number of hydrogen-bond donors (Lipinski definition) is 0. The van der Waals surface area contributed by atoms with Crippen molar-refractivity contribution in [2.75, 3.05) is 6.26 Å². The van der Waals surface area contributed by atoms with Gasteiger partial charge in [0.15, 0.2) is 0 Å². The minimum Gasteiger partial charge on any atom is -0.274 e. The zero-order valence-corrected chi connectivity index (χ0v) is 8.37. The smallest absolute Gasteiger partial charge is 0.0865 e. The Labute approximate surface area is 73.1 Å². The number of nitrogens with zero attached hydrogens (tertiary/aromatic N) is 2. The molecule has 4 heteroatoms. The lowest BCUT2D eigenvalue weighted by Crippen LogP contribution is -1.88. The molecule has 0 aromatic carbocycles. The third-order valence-corrected chi connectivity index (χ3v) is 2.36. The zero-order valence-electron chi connectivity index (χ0n) is 5.97. The van der Waals surface area contributed by atoms with Crippen molar-refractivity contribution in [1.29, 1.82) is 0 Å². The maximum Gasteiger partial charge on any atom is 0.0865 e. The van der Waals surface area contributed by atoms with Crippen molar-refractivity contribution >= 4 is 27.7 Å². The summed E-state index contributed by atoms with van der Waals surface area (Å²) >= 11 is 5.20. The first-order valence-electron chi connectivity index (χ1n) is 2.91. The second kappa shape index (κ2) is 3.44. The van der Waals surface area contributed by atoms with Crippen LogP contribution in [-0.4, -0.2) is 16.0 Å². The molecule has 0 aliphatic carbocycles. The molecule has 0 amide bonds. The van der Waals surface area contributed by atoms with Crippen LogP contribution in [0.3, 0.4) is 0 Å². The first-order valence-corrected chi connectivity index (χ1v) is 5.09. The van der Waals surface area contributed by atoms with Gasteiger partial charge in [-0.25, -0.2) is 0 Å². The molecular weight excluding hydrogens is 212 g/mol. The third kappa shape index (κ3) is 1.76. The number of rotatable bonds is 2. The monoisotopic (exact) mass is 220 g/mol. The highest BCUT2D eigenvalue weighted by atomic mass is 79.9. The SMILES string of the molecule is CSCc1nn(C)cc1Br. The number of halogens is 1. The molecule has 1 heterocycles. The average molecular weight is 221 g/mol. The highest BCUT2D eigenvalue weighted by Gasteiger charge is 2.01. The minimum absolute atomic E-state index is 0.974. The molecule has 2 nitrogen and oxygen atoms in total. The second-order valence-electron chi connectivity index (χ2n) is 2.03. The molecule has 0 saturated carbocycles. The molecule has 56 valence electrons. The van der Waals surface area contributed by atoms with Crippen LogP contribution in [0.25, 0.3) is 0 Å². The summed E-state index contributed by atoms with van der Waals surface area (Å²) in [5.74, 6) is 0.974. The van der Waals surface area contributed by atoms with Crippen LogP contribution in [0.4, 0.5) is 0 Å². The Morgan fingerprint density at radius 1 is 1.80 bits per heavy atom. The first kappa shape index (κ1) is 8.14. The van der Waals surface area contributed by atoms with Gasteiger partial charge in [0.1, 0.15) is 0 Å². The Morgan fingerprint density at radius 2 is 2.50 bits per heavy atom. The maximum atomic E-state index is 4.25. The summed E-state index contributed by atoms with van der Waals surface area (Å²) in [6, 6.07) is 0. The van der Waals surface area contributed by atoms with Crippen LogP contribution in [-0.2, 0) is 12.8 Å². The minimum atomic E-state index is 0.974. The van der Waals surface area contributed by atoms with E-state index in [1.54, 1.807) is 11.8 Å². The molecule has 0 atom stereocenters. The van der Waals surface area contributed by atoms with E-state index in [4.69, 9.17) is 0 Å². The second-order valence-corrected chi connectivity index (χ2v) is 3.75. The Morgan fingerprint density at radius 3 is 2.90 bits per heavy atom. The Kier molecular flexibility index (Phi) is 2.80. The van der Waals surface area contributed by atoms with Gasteiger partial charge in [0, 0.05) is 19.0 Å². The summed E-state index contributed by atoms with van der Waals surface area (Å²) in [7, 11) is 1.93. The Hall–Kier alpha value is 0.0400. The maximum absolute atomic E-state index is 4.25. The van der Waals surface area contributed by atoms with E-state index in [2.05, 4.69) is 27.3 Å². The van der Waals surface area contributed by atoms with Gasteiger partial charge >= 0.3 is 0 Å². The van der Waals surface area contributed by atoms with Crippen LogP contribution in [0.15, 0.2) is 10.7 Å². The van der Waals surface area contributed by atoms with E-state index in [-0.39, 0.29) is 0 Å². The lowest BCUT2D eigenvalue weighted by molar-refractivity contribution is 0.755. The largest absolute Gasteiger partial charge is 0.274 e. The van der Waals surface area contributed by atoms with E-state index < -0.39 is 0 Å². The van der Waals surface area contributed by atoms with Gasteiger partial charge < -0.3 is 0 Å². The lowest BCUT2D eigenvalue weighted by atomic mass is 10.5. The van der Waals surface area contributed by atoms with Crippen LogP contribution in [0.2, 0.25) is 0 Å². The van der Waals surface area contributed by atoms with E-state index in [1.165, 1.54) is 0 Å². The molecule has 0 bridgehead atoms. The van der Waals surface area contributed by atoms with Crippen molar-refractivity contribution in [2.45, 2.75) is 5.75 Å². The molecule has 0 spiro atoms. The zero-order chi connectivity index (χ0) is 7.56. The normalized spacial score (nSPS) is 10.3. The van der Waals surface area contributed by atoms with Gasteiger partial charge in [-0.1, -0.05) is 0 Å². The summed E-state index contributed by atoms with van der Waals surface area (Å²) in [5, 5.41) is 4.25. The molecule has 1 aromatic rings. The van der Waals surface area contributed by atoms with E-state index in [0.717, 1.165) is 15.9 Å². The van der Waals surface area contributed by atoms with E-state index in [0.29, 0.717) is 0 Å². The molecular formula is C6H9BrN2S. The fourth-order valence-electron chi connectivity index (χ4n) is 0.740. The Bertz CT molecular complexity index is 222. The predicted molar refractivity (Wildman–Crippen MR) is 48.1 cm³/mol. The molecule has 0 saturated heterocycles. The summed E-state index contributed by atoms with van der Waals surface area (Å²) in [5.41, 5.74) is 1.12. The summed E-state index contributed by atoms with van der Waals surface area (Å²) < 4.78 is 2.92. The van der Waals surface area contributed by atoms with Crippen LogP contribution < -0.4 is 0 Å². The number of aryl methyl sites for hydroxylation is 1. The summed E-state index contributed by atoms with van der Waals surface area (Å²) in [6.45, 7) is 0. The quantitative estimate of drug-likeness (QED) is 0.760. The summed E-state index contributed by atoms with van der Waals surface area (Å²) in [4.78, 5) is 0. The van der Waals surface area contributed by atoms with Gasteiger partial charge in [-0.3, -0.25) is 4.68 Å². The number of hydrogen-bond acceptors (Lipinski definition) is 2. The lowest BCUT2D eigenvalue weighted by Gasteiger charge is -1.89. The fraction of sp³-hybridized carbons (Fsp3) is 0.500. The van der Waals surface area contributed by atoms with Crippen molar-refractivity contribution in [1.82, 2.24) is 9.78 Å². The molecule has 1 rings (SSSR count). The number of thioether (sulfide) groups is 1. The molecule has 0 fully saturated rings. The first-order chi connectivity index (χ1) is 4.74. The molecule has 1 aromatic heterocycles. The highest BCUT2D eigenvalue weighted by Crippen LogP contribution is 2.17. The van der Waals surface area contributed by atoms with Gasteiger partial charge in [0.2, 0.25) is 0 Å². The number of aromatic nitrogens is 2. The molecule has 0 aliphatic heterocycles. The molecule has 0 aliphatic rings. The molecule has 10 heavy (non-hydrogen) atoms. The van der Waals surface area contributed by atoms with Crippen LogP contribution in [0.5, 0.6) is 0 Å².